The molecule has 0 fully saturated rings. The van der Waals surface area contributed by atoms with Crippen LogP contribution in [0.3, 0.4) is 0 Å². The summed E-state index contributed by atoms with van der Waals surface area (Å²) in [7, 11) is 0. The van der Waals surface area contributed by atoms with Gasteiger partial charge in [0.2, 0.25) is 5.91 Å². The Morgan fingerprint density at radius 2 is 1.79 bits per heavy atom. The highest BCUT2D eigenvalue weighted by Crippen LogP contribution is 2.26. The monoisotopic (exact) mass is 478 g/mol. The van der Waals surface area contributed by atoms with E-state index in [-0.39, 0.29) is 17.2 Å². The van der Waals surface area contributed by atoms with Crippen LogP contribution in [0, 0.1) is 5.82 Å². The zero-order valence-electron chi connectivity index (χ0n) is 17.0. The molecule has 0 saturated heterocycles. The van der Waals surface area contributed by atoms with Crippen molar-refractivity contribution in [2.24, 2.45) is 0 Å². The molecule has 0 aliphatic rings. The molecule has 1 amide bonds. The third kappa shape index (κ3) is 4.22. The van der Waals surface area contributed by atoms with Gasteiger partial charge in [-0.25, -0.2) is 9.37 Å². The number of halogens is 2. The Morgan fingerprint density at radius 1 is 1.06 bits per heavy atom. The average molecular weight is 479 g/mol. The summed E-state index contributed by atoms with van der Waals surface area (Å²) in [6.07, 6.45) is 0. The Hall–Kier alpha value is -3.62. The van der Waals surface area contributed by atoms with Gasteiger partial charge in [0.15, 0.2) is 5.16 Å². The first kappa shape index (κ1) is 21.2. The molecule has 2 heterocycles. The summed E-state index contributed by atoms with van der Waals surface area (Å²) in [5, 5.41) is 4.50. The van der Waals surface area contributed by atoms with E-state index >= 15 is 0 Å². The van der Waals surface area contributed by atoms with Crippen molar-refractivity contribution in [3.63, 3.8) is 0 Å². The maximum absolute atomic E-state index is 13.5. The molecule has 0 atom stereocenters. The van der Waals surface area contributed by atoms with E-state index in [4.69, 9.17) is 16.6 Å². The molecule has 0 aliphatic heterocycles. The first-order valence-electron chi connectivity index (χ1n) is 9.97. The van der Waals surface area contributed by atoms with E-state index in [2.05, 4.69) is 10.3 Å². The highest BCUT2D eigenvalue weighted by Gasteiger charge is 2.18. The van der Waals surface area contributed by atoms with Crippen LogP contribution < -0.4 is 10.9 Å². The minimum atomic E-state index is -0.414. The number of anilines is 1. The average Bonchev–Trinajstić information content (AvgIpc) is 3.19. The van der Waals surface area contributed by atoms with Crippen LogP contribution in [0.15, 0.2) is 82.7 Å². The lowest BCUT2D eigenvalue weighted by molar-refractivity contribution is -0.113. The number of thioether (sulfide) groups is 1. The molecule has 2 N–H and O–H groups in total. The fraction of sp³-hybridized carbons (Fsp3) is 0.0417. The number of fused-ring (bicyclic) bond motifs is 3. The Kier molecular flexibility index (Phi) is 5.62. The van der Waals surface area contributed by atoms with Crippen LogP contribution in [0.2, 0.25) is 5.02 Å². The molecule has 0 saturated carbocycles. The summed E-state index contributed by atoms with van der Waals surface area (Å²) in [5.41, 5.74) is 2.38. The highest BCUT2D eigenvalue weighted by molar-refractivity contribution is 7.99. The second-order valence-corrected chi connectivity index (χ2v) is 8.63. The van der Waals surface area contributed by atoms with E-state index in [0.717, 1.165) is 22.7 Å². The summed E-state index contributed by atoms with van der Waals surface area (Å²) in [6, 6.07) is 19.8. The van der Waals surface area contributed by atoms with Gasteiger partial charge in [-0.1, -0.05) is 41.6 Å². The van der Waals surface area contributed by atoms with E-state index in [9.17, 15) is 14.0 Å². The van der Waals surface area contributed by atoms with Gasteiger partial charge in [0.05, 0.1) is 11.4 Å². The quantitative estimate of drug-likeness (QED) is 0.262. The van der Waals surface area contributed by atoms with Crippen LogP contribution in [-0.2, 0) is 4.79 Å². The third-order valence-electron chi connectivity index (χ3n) is 5.04. The molecule has 0 bridgehead atoms. The van der Waals surface area contributed by atoms with Gasteiger partial charge in [0.25, 0.3) is 5.56 Å². The van der Waals surface area contributed by atoms with Gasteiger partial charge in [-0.15, -0.1) is 0 Å². The zero-order chi connectivity index (χ0) is 22.9. The first-order chi connectivity index (χ1) is 16.0. The van der Waals surface area contributed by atoms with Crippen LogP contribution in [0.5, 0.6) is 0 Å². The topological polar surface area (TPSA) is 79.8 Å². The fourth-order valence-electron chi connectivity index (χ4n) is 3.52. The van der Waals surface area contributed by atoms with Crippen molar-refractivity contribution in [1.29, 1.82) is 0 Å². The predicted molar refractivity (Wildman–Crippen MR) is 130 cm³/mol. The molecule has 9 heteroatoms. The van der Waals surface area contributed by atoms with E-state index < -0.39 is 5.82 Å². The number of H-pyrrole nitrogens is 1. The van der Waals surface area contributed by atoms with Crippen molar-refractivity contribution in [2.75, 3.05) is 11.1 Å². The molecule has 0 spiro atoms. The number of nitrogens with one attached hydrogen (secondary N) is 2. The molecule has 0 unspecified atom stereocenters. The standard InChI is InChI=1S/C24H16ClFN4O2S/c25-14-5-9-16(10-6-14)27-20(31)13-33-24-29-21-18-3-1-2-4-19(18)28-22(21)23(32)30(24)17-11-7-15(26)8-12-17/h1-12,28H,13H2,(H,27,31). The van der Waals surface area contributed by atoms with E-state index in [1.54, 1.807) is 24.3 Å². The maximum Gasteiger partial charge on any atom is 0.283 e. The van der Waals surface area contributed by atoms with Crippen molar-refractivity contribution in [1.82, 2.24) is 14.5 Å². The molecule has 0 aliphatic carbocycles. The van der Waals surface area contributed by atoms with Gasteiger partial charge >= 0.3 is 0 Å². The van der Waals surface area contributed by atoms with E-state index in [0.29, 0.717) is 32.6 Å². The summed E-state index contributed by atoms with van der Waals surface area (Å²) in [6.45, 7) is 0. The molecule has 5 rings (SSSR count). The Bertz CT molecular complexity index is 1550. The van der Waals surface area contributed by atoms with Gasteiger partial charge in [0.1, 0.15) is 16.9 Å². The number of aromatic nitrogens is 3. The van der Waals surface area contributed by atoms with Gasteiger partial charge < -0.3 is 10.3 Å². The molecular weight excluding hydrogens is 463 g/mol. The first-order valence-corrected chi connectivity index (χ1v) is 11.3. The highest BCUT2D eigenvalue weighted by atomic mass is 35.5. The third-order valence-corrected chi connectivity index (χ3v) is 6.23. The predicted octanol–water partition coefficient (Wildman–Crippen LogP) is 5.39. The van der Waals surface area contributed by atoms with Crippen molar-refractivity contribution in [3.8, 4) is 5.69 Å². The molecule has 3 aromatic carbocycles. The number of carbonyl (C=O) groups excluding carboxylic acids is 1. The van der Waals surface area contributed by atoms with Gasteiger partial charge in [-0.05, 0) is 54.6 Å². The molecule has 164 valence electrons. The number of benzene rings is 3. The molecule has 0 radical (unpaired) electrons. The molecule has 5 aromatic rings. The summed E-state index contributed by atoms with van der Waals surface area (Å²) < 4.78 is 14.9. The van der Waals surface area contributed by atoms with Crippen molar-refractivity contribution in [2.45, 2.75) is 5.16 Å². The van der Waals surface area contributed by atoms with Crippen LogP contribution in [0.1, 0.15) is 0 Å². The minimum Gasteiger partial charge on any atom is -0.349 e. The molecule has 6 nitrogen and oxygen atoms in total. The Labute approximate surface area is 196 Å². The smallest absolute Gasteiger partial charge is 0.283 e. The minimum absolute atomic E-state index is 0.0180. The number of aromatic amines is 1. The Morgan fingerprint density at radius 3 is 2.55 bits per heavy atom. The van der Waals surface area contributed by atoms with Gasteiger partial charge in [-0.2, -0.15) is 0 Å². The van der Waals surface area contributed by atoms with Crippen LogP contribution in [0.25, 0.3) is 27.6 Å². The number of rotatable bonds is 5. The maximum atomic E-state index is 13.5. The van der Waals surface area contributed by atoms with Crippen molar-refractivity contribution in [3.05, 3.63) is 94.0 Å². The van der Waals surface area contributed by atoms with Gasteiger partial charge in [-0.3, -0.25) is 14.2 Å². The van der Waals surface area contributed by atoms with Crippen LogP contribution in [-0.4, -0.2) is 26.2 Å². The SMILES string of the molecule is O=C(CSc1nc2c([nH]c3ccccc32)c(=O)n1-c1ccc(F)cc1)Nc1ccc(Cl)cc1. The van der Waals surface area contributed by atoms with Crippen LogP contribution in [0.4, 0.5) is 10.1 Å². The zero-order valence-corrected chi connectivity index (χ0v) is 18.6. The number of hydrogen-bond donors (Lipinski definition) is 2. The van der Waals surface area contributed by atoms with Crippen molar-refractivity contribution >= 4 is 56.9 Å². The lowest BCUT2D eigenvalue weighted by Crippen LogP contribution is -2.23. The van der Waals surface area contributed by atoms with Crippen LogP contribution >= 0.6 is 23.4 Å². The summed E-state index contributed by atoms with van der Waals surface area (Å²) in [4.78, 5) is 33.8. The fourth-order valence-corrected chi connectivity index (χ4v) is 4.45. The van der Waals surface area contributed by atoms with E-state index in [1.807, 2.05) is 24.3 Å². The van der Waals surface area contributed by atoms with Gasteiger partial charge in [0, 0.05) is 21.6 Å². The van der Waals surface area contributed by atoms with Crippen molar-refractivity contribution < 1.29 is 9.18 Å². The number of para-hydroxylation sites is 1. The Balaban J connectivity index is 1.55. The second kappa shape index (κ2) is 8.73. The number of carbonyl (C=O) groups is 1. The lowest BCUT2D eigenvalue weighted by Gasteiger charge is -2.12. The molecule has 2 aromatic heterocycles. The molecular formula is C24H16ClFN4O2S. The number of nitrogens with zero attached hydrogens (tertiary/aromatic N) is 2. The number of amides is 1. The molecule has 33 heavy (non-hydrogen) atoms. The lowest BCUT2D eigenvalue weighted by atomic mass is 10.2. The summed E-state index contributed by atoms with van der Waals surface area (Å²) in [5.74, 6) is -0.659. The second-order valence-electron chi connectivity index (χ2n) is 7.25. The normalized spacial score (nSPS) is 11.2. The number of hydrogen-bond acceptors (Lipinski definition) is 4. The largest absolute Gasteiger partial charge is 0.349 e. The van der Waals surface area contributed by atoms with E-state index in [1.165, 1.54) is 28.8 Å². The summed E-state index contributed by atoms with van der Waals surface area (Å²) >= 11 is 7.01.